The van der Waals surface area contributed by atoms with Gasteiger partial charge >= 0.3 is 17.9 Å². The summed E-state index contributed by atoms with van der Waals surface area (Å²) in [5.41, 5.74) is 0. The second-order valence-corrected chi connectivity index (χ2v) is 22.0. The van der Waals surface area contributed by atoms with E-state index in [1.54, 1.807) is 0 Å². The summed E-state index contributed by atoms with van der Waals surface area (Å²) in [6, 6.07) is 0. The highest BCUT2D eigenvalue weighted by Crippen LogP contribution is 2.16. The van der Waals surface area contributed by atoms with Gasteiger partial charge < -0.3 is 14.2 Å². The number of esters is 3. The van der Waals surface area contributed by atoms with Crippen molar-refractivity contribution in [3.05, 3.63) is 97.2 Å². The first kappa shape index (κ1) is 74.3. The molecule has 0 saturated carbocycles. The highest BCUT2D eigenvalue weighted by molar-refractivity contribution is 5.71. The molecule has 0 saturated heterocycles. The Balaban J connectivity index is 4.30. The number of hydrogen-bond acceptors (Lipinski definition) is 6. The van der Waals surface area contributed by atoms with Crippen LogP contribution >= 0.6 is 0 Å². The summed E-state index contributed by atoms with van der Waals surface area (Å²) < 4.78 is 16.9. The van der Waals surface area contributed by atoms with Crippen molar-refractivity contribution in [3.8, 4) is 0 Å². The molecule has 0 radical (unpaired) electrons. The molecule has 0 aliphatic rings. The Hall–Kier alpha value is -3.67. The lowest BCUT2D eigenvalue weighted by Crippen LogP contribution is -2.30. The summed E-state index contributed by atoms with van der Waals surface area (Å²) in [6.07, 6.45) is 88.4. The van der Waals surface area contributed by atoms with Crippen molar-refractivity contribution in [2.45, 2.75) is 329 Å². The number of rotatable bonds is 60. The van der Waals surface area contributed by atoms with E-state index >= 15 is 0 Å². The molecule has 0 heterocycles. The smallest absolute Gasteiger partial charge is 0.306 e. The third kappa shape index (κ3) is 63.2. The van der Waals surface area contributed by atoms with E-state index in [4.69, 9.17) is 14.2 Å². The Bertz CT molecular complexity index is 1530. The molecular weight excluding hydrogens is 961 g/mol. The van der Waals surface area contributed by atoms with E-state index in [9.17, 15) is 14.4 Å². The predicted molar refractivity (Wildman–Crippen MR) is 339 cm³/mol. The molecule has 0 aromatic heterocycles. The van der Waals surface area contributed by atoms with Gasteiger partial charge in [0.15, 0.2) is 6.10 Å². The molecule has 0 aliphatic heterocycles. The van der Waals surface area contributed by atoms with Crippen LogP contribution in [0.25, 0.3) is 0 Å². The molecular formula is C72H124O6. The van der Waals surface area contributed by atoms with Crippen LogP contribution in [0.2, 0.25) is 0 Å². The molecule has 0 rings (SSSR count). The summed E-state index contributed by atoms with van der Waals surface area (Å²) in [5, 5.41) is 0. The fourth-order valence-electron chi connectivity index (χ4n) is 9.32. The number of ether oxygens (including phenoxy) is 3. The Morgan fingerprint density at radius 1 is 0.269 bits per heavy atom. The first-order chi connectivity index (χ1) is 38.5. The fourth-order valence-corrected chi connectivity index (χ4v) is 9.32. The minimum atomic E-state index is -0.786. The maximum atomic E-state index is 12.9. The van der Waals surface area contributed by atoms with Gasteiger partial charge in [0.05, 0.1) is 0 Å². The highest BCUT2D eigenvalue weighted by atomic mass is 16.6. The zero-order valence-corrected chi connectivity index (χ0v) is 51.4. The van der Waals surface area contributed by atoms with Crippen LogP contribution in [-0.2, 0) is 28.6 Å². The number of carbonyl (C=O) groups excluding carboxylic acids is 3. The van der Waals surface area contributed by atoms with Crippen LogP contribution in [0.1, 0.15) is 323 Å². The molecule has 1 atom stereocenters. The van der Waals surface area contributed by atoms with E-state index in [1.165, 1.54) is 180 Å². The van der Waals surface area contributed by atoms with Gasteiger partial charge in [0.2, 0.25) is 0 Å². The molecule has 6 heteroatoms. The van der Waals surface area contributed by atoms with Gasteiger partial charge in [-0.25, -0.2) is 0 Å². The maximum absolute atomic E-state index is 12.9. The minimum Gasteiger partial charge on any atom is -0.462 e. The Labute approximate surface area is 483 Å². The zero-order valence-electron chi connectivity index (χ0n) is 51.4. The van der Waals surface area contributed by atoms with E-state index < -0.39 is 6.10 Å². The van der Waals surface area contributed by atoms with E-state index in [-0.39, 0.29) is 31.1 Å². The van der Waals surface area contributed by atoms with Crippen LogP contribution < -0.4 is 0 Å². The topological polar surface area (TPSA) is 78.9 Å². The lowest BCUT2D eigenvalue weighted by molar-refractivity contribution is -0.167. The molecule has 0 spiro atoms. The van der Waals surface area contributed by atoms with E-state index in [2.05, 4.69) is 118 Å². The van der Waals surface area contributed by atoms with Crippen LogP contribution in [-0.4, -0.2) is 37.2 Å². The van der Waals surface area contributed by atoms with Crippen LogP contribution in [0.3, 0.4) is 0 Å². The molecule has 0 amide bonds. The fraction of sp³-hybridized carbons (Fsp3) is 0.736. The van der Waals surface area contributed by atoms with E-state index in [1.807, 2.05) is 0 Å². The summed E-state index contributed by atoms with van der Waals surface area (Å²) >= 11 is 0. The standard InChI is InChI=1S/C72H124O6/c1-4-7-10-13-16-19-22-25-28-30-31-32-33-34-35-36-37-38-39-40-41-43-44-47-50-53-56-59-62-65-71(74)77-68-69(67-76-70(73)64-61-58-55-52-49-46-27-24-21-18-15-12-9-6-3)78-72(75)66-63-60-57-54-51-48-45-42-29-26-23-20-17-14-11-8-5-2/h7,10,16,19,24-29,31-32,34-35,37-38,69H,4-6,8-9,11-15,17-18,20-23,30,33,36,39-68H2,1-3H3/b10-7-,19-16-,27-24-,28-25-,29-26-,32-31-,35-34-,38-37-. The Kier molecular flexibility index (Phi) is 62.7. The van der Waals surface area contributed by atoms with Gasteiger partial charge in [-0.05, 0) is 122 Å². The third-order valence-electron chi connectivity index (χ3n) is 14.3. The summed E-state index contributed by atoms with van der Waals surface area (Å²) in [5.74, 6) is -0.888. The van der Waals surface area contributed by atoms with Crippen molar-refractivity contribution < 1.29 is 28.6 Å². The molecule has 78 heavy (non-hydrogen) atoms. The lowest BCUT2D eigenvalue weighted by atomic mass is 10.1. The molecule has 0 bridgehead atoms. The molecule has 0 aromatic carbocycles. The number of allylic oxidation sites excluding steroid dienone is 16. The van der Waals surface area contributed by atoms with Crippen LogP contribution in [0.5, 0.6) is 0 Å². The summed E-state index contributed by atoms with van der Waals surface area (Å²) in [4.78, 5) is 38.3. The quantitative estimate of drug-likeness (QED) is 0.0261. The van der Waals surface area contributed by atoms with Gasteiger partial charge in [0.1, 0.15) is 13.2 Å². The van der Waals surface area contributed by atoms with Gasteiger partial charge in [0.25, 0.3) is 0 Å². The van der Waals surface area contributed by atoms with Gasteiger partial charge in [-0.15, -0.1) is 0 Å². The number of carbonyl (C=O) groups is 3. The second-order valence-electron chi connectivity index (χ2n) is 22.0. The first-order valence-corrected chi connectivity index (χ1v) is 33.2. The summed E-state index contributed by atoms with van der Waals surface area (Å²) in [7, 11) is 0. The van der Waals surface area contributed by atoms with Crippen LogP contribution in [0.15, 0.2) is 97.2 Å². The highest BCUT2D eigenvalue weighted by Gasteiger charge is 2.19. The largest absolute Gasteiger partial charge is 0.462 e. The SMILES string of the molecule is CC/C=C\C/C=C\C/C=C\C/C=C\C/C=C\C/C=C\CCCCCCCCCCCCC(=O)OCC(COC(=O)CCCCCCC/C=C\CCCCCCC)OC(=O)CCCCCCCCC/C=C\CCCCCCCC. The third-order valence-corrected chi connectivity index (χ3v) is 14.3. The molecule has 448 valence electrons. The van der Waals surface area contributed by atoms with E-state index in [0.29, 0.717) is 19.3 Å². The van der Waals surface area contributed by atoms with Crippen molar-refractivity contribution >= 4 is 17.9 Å². The van der Waals surface area contributed by atoms with Gasteiger partial charge in [-0.3, -0.25) is 14.4 Å². The average molecular weight is 1090 g/mol. The Morgan fingerprint density at radius 3 is 0.795 bits per heavy atom. The Morgan fingerprint density at radius 2 is 0.500 bits per heavy atom. The first-order valence-electron chi connectivity index (χ1n) is 33.2. The van der Waals surface area contributed by atoms with Crippen LogP contribution in [0.4, 0.5) is 0 Å². The molecule has 0 aromatic rings. The lowest BCUT2D eigenvalue weighted by Gasteiger charge is -2.18. The average Bonchev–Trinajstić information content (AvgIpc) is 3.44. The predicted octanol–water partition coefficient (Wildman–Crippen LogP) is 22.8. The molecule has 0 fully saturated rings. The van der Waals surface area contributed by atoms with Crippen molar-refractivity contribution in [3.63, 3.8) is 0 Å². The number of hydrogen-bond donors (Lipinski definition) is 0. The minimum absolute atomic E-state index is 0.0826. The molecule has 6 nitrogen and oxygen atoms in total. The molecule has 1 unspecified atom stereocenters. The van der Waals surface area contributed by atoms with E-state index in [0.717, 1.165) is 103 Å². The monoisotopic (exact) mass is 1080 g/mol. The van der Waals surface area contributed by atoms with Crippen molar-refractivity contribution in [1.29, 1.82) is 0 Å². The molecule has 0 aliphatic carbocycles. The van der Waals surface area contributed by atoms with Crippen molar-refractivity contribution in [1.82, 2.24) is 0 Å². The normalized spacial score (nSPS) is 12.7. The van der Waals surface area contributed by atoms with Gasteiger partial charge in [0, 0.05) is 19.3 Å². The molecule has 0 N–H and O–H groups in total. The summed E-state index contributed by atoms with van der Waals surface area (Å²) in [6.45, 7) is 6.53. The van der Waals surface area contributed by atoms with Gasteiger partial charge in [-0.2, -0.15) is 0 Å². The second kappa shape index (κ2) is 65.8. The zero-order chi connectivity index (χ0) is 56.4. The number of unbranched alkanes of at least 4 members (excludes halogenated alkanes) is 33. The van der Waals surface area contributed by atoms with Crippen LogP contribution in [0, 0.1) is 0 Å². The van der Waals surface area contributed by atoms with Crippen molar-refractivity contribution in [2.24, 2.45) is 0 Å². The van der Waals surface area contributed by atoms with Crippen molar-refractivity contribution in [2.75, 3.05) is 13.2 Å². The maximum Gasteiger partial charge on any atom is 0.306 e. The van der Waals surface area contributed by atoms with Gasteiger partial charge in [-0.1, -0.05) is 279 Å².